The minimum Gasteiger partial charge on any atom is -0.507 e. The van der Waals surface area contributed by atoms with E-state index in [0.29, 0.717) is 29.2 Å². The predicted octanol–water partition coefficient (Wildman–Crippen LogP) is 4.96. The maximum absolute atomic E-state index is 11.9. The number of aromatic hydroxyl groups is 1. The van der Waals surface area contributed by atoms with E-state index >= 15 is 0 Å². The van der Waals surface area contributed by atoms with E-state index in [1.165, 1.54) is 38.2 Å². The number of phosphoric acid groups is 1. The number of phosphoric ester groups is 1. The Balaban J connectivity index is 1.56. The van der Waals surface area contributed by atoms with Crippen LogP contribution >= 0.6 is 7.82 Å². The van der Waals surface area contributed by atoms with Gasteiger partial charge in [0.05, 0.1) is 0 Å². The van der Waals surface area contributed by atoms with Gasteiger partial charge in [0.15, 0.2) is 11.5 Å². The van der Waals surface area contributed by atoms with Gasteiger partial charge in [-0.05, 0) is 12.8 Å². The summed E-state index contributed by atoms with van der Waals surface area (Å²) in [5.74, 6) is 1.24. The Morgan fingerprint density at radius 3 is 2.38 bits per heavy atom. The van der Waals surface area contributed by atoms with E-state index in [0.717, 1.165) is 12.8 Å². The summed E-state index contributed by atoms with van der Waals surface area (Å²) in [5.41, 5.74) is 0.684. The van der Waals surface area contributed by atoms with Crippen molar-refractivity contribution in [2.24, 2.45) is 0 Å². The van der Waals surface area contributed by atoms with Crippen LogP contribution in [0.4, 0.5) is 0 Å². The van der Waals surface area contributed by atoms with E-state index in [9.17, 15) is 9.67 Å². The van der Waals surface area contributed by atoms with Gasteiger partial charge in [-0.3, -0.25) is 0 Å². The van der Waals surface area contributed by atoms with Crippen LogP contribution in [0.2, 0.25) is 0 Å². The molecule has 2 bridgehead atoms. The topological polar surface area (TPSA) is 65.0 Å². The largest absolute Gasteiger partial charge is 0.647 e. The Hall–Kier alpha value is -1.35. The summed E-state index contributed by atoms with van der Waals surface area (Å²) in [4.78, 5) is 0. The average molecular weight is 312 g/mol. The average Bonchev–Trinajstić information content (AvgIpc) is 2.94. The van der Waals surface area contributed by atoms with E-state index < -0.39 is 7.82 Å². The Morgan fingerprint density at radius 1 is 1.00 bits per heavy atom. The number of benzene rings is 1. The third-order valence-electron chi connectivity index (χ3n) is 3.93. The van der Waals surface area contributed by atoms with Gasteiger partial charge in [0.25, 0.3) is 0 Å². The molecule has 2 heterocycles. The molecule has 2 aliphatic heterocycles. The van der Waals surface area contributed by atoms with Gasteiger partial charge in [-0.15, -0.1) is 0 Å². The lowest BCUT2D eigenvalue weighted by Crippen LogP contribution is -2.00. The molecule has 2 aliphatic rings. The second kappa shape index (κ2) is 5.80. The summed E-state index contributed by atoms with van der Waals surface area (Å²) in [6, 6.07) is 1.47. The molecule has 0 saturated heterocycles. The molecule has 1 aromatic rings. The quantitative estimate of drug-likeness (QED) is 0.543. The van der Waals surface area contributed by atoms with Crippen molar-refractivity contribution >= 4 is 7.82 Å². The first-order chi connectivity index (χ1) is 10.1. The molecule has 0 amide bonds. The van der Waals surface area contributed by atoms with Crippen LogP contribution in [-0.2, 0) is 11.0 Å². The van der Waals surface area contributed by atoms with Crippen LogP contribution in [0.5, 0.6) is 23.0 Å². The lowest BCUT2D eigenvalue weighted by molar-refractivity contribution is 0.349. The minimum absolute atomic E-state index is 0.131. The normalized spacial score (nSPS) is 21.0. The highest BCUT2D eigenvalue weighted by atomic mass is 31.2. The monoisotopic (exact) mass is 312 g/mol. The van der Waals surface area contributed by atoms with Crippen molar-refractivity contribution in [3.8, 4) is 23.0 Å². The van der Waals surface area contributed by atoms with E-state index in [1.807, 2.05) is 0 Å². The van der Waals surface area contributed by atoms with Crippen LogP contribution in [0.15, 0.2) is 6.07 Å². The lowest BCUT2D eigenvalue weighted by Gasteiger charge is -2.14. The van der Waals surface area contributed by atoms with Gasteiger partial charge in [-0.1, -0.05) is 45.4 Å². The fraction of sp³-hybridized carbons (Fsp3) is 0.600. The molecule has 116 valence electrons. The maximum Gasteiger partial charge on any atom is 0.647 e. The fourth-order valence-electron chi connectivity index (χ4n) is 2.79. The second-order valence-electron chi connectivity index (χ2n) is 5.62. The van der Waals surface area contributed by atoms with Crippen molar-refractivity contribution in [2.75, 3.05) is 0 Å². The van der Waals surface area contributed by atoms with Crippen LogP contribution in [0.25, 0.3) is 0 Å². The van der Waals surface area contributed by atoms with Crippen molar-refractivity contribution in [1.29, 1.82) is 0 Å². The number of rotatable bonds is 8. The summed E-state index contributed by atoms with van der Waals surface area (Å²) < 4.78 is 27.3. The molecule has 0 aromatic heterocycles. The number of hydrogen-bond acceptors (Lipinski definition) is 5. The first-order valence-electron chi connectivity index (χ1n) is 7.70. The fourth-order valence-corrected chi connectivity index (χ4v) is 4.09. The molecular formula is C15H21O5P. The van der Waals surface area contributed by atoms with E-state index in [2.05, 4.69) is 6.92 Å². The maximum atomic E-state index is 11.9. The summed E-state index contributed by atoms with van der Waals surface area (Å²) in [7, 11) is -3.46. The van der Waals surface area contributed by atoms with Crippen molar-refractivity contribution in [2.45, 2.75) is 58.3 Å². The van der Waals surface area contributed by atoms with Gasteiger partial charge in [-0.2, -0.15) is 4.57 Å². The van der Waals surface area contributed by atoms with Gasteiger partial charge in [0.2, 0.25) is 5.75 Å². The van der Waals surface area contributed by atoms with Gasteiger partial charge < -0.3 is 18.7 Å². The van der Waals surface area contributed by atoms with Crippen LogP contribution < -0.4 is 13.6 Å². The van der Waals surface area contributed by atoms with Crippen molar-refractivity contribution in [3.05, 3.63) is 11.6 Å². The zero-order valence-corrected chi connectivity index (χ0v) is 13.2. The highest BCUT2D eigenvalue weighted by Gasteiger charge is 2.51. The molecule has 1 unspecified atom stereocenters. The minimum atomic E-state index is -3.46. The molecular weight excluding hydrogens is 291 g/mol. The first-order valence-corrected chi connectivity index (χ1v) is 9.16. The van der Waals surface area contributed by atoms with Gasteiger partial charge in [0, 0.05) is 11.6 Å². The molecule has 6 heteroatoms. The third-order valence-corrected chi connectivity index (χ3v) is 5.16. The number of unbranched alkanes of at least 4 members (excludes halogenated alkanes) is 6. The molecule has 0 fully saturated rings. The standard InChI is InChI=1S/C15H21O5P/c1-2-3-4-5-6-7-8-9-11-12(16)10-13-15-14(11)19-21(17,18-13)20-15/h10,16H,2-9H2,1H3. The summed E-state index contributed by atoms with van der Waals surface area (Å²) >= 11 is 0. The van der Waals surface area contributed by atoms with Crippen LogP contribution in [0.1, 0.15) is 57.4 Å². The van der Waals surface area contributed by atoms with Gasteiger partial charge in [-0.25, -0.2) is 0 Å². The highest BCUT2D eigenvalue weighted by molar-refractivity contribution is 7.50. The SMILES string of the molecule is CCCCCCCCCc1c(O)cc2c3c1OP(=O)(O2)O3. The lowest BCUT2D eigenvalue weighted by atomic mass is 10.0. The predicted molar refractivity (Wildman–Crippen MR) is 79.3 cm³/mol. The van der Waals surface area contributed by atoms with Gasteiger partial charge >= 0.3 is 7.82 Å². The molecule has 1 N–H and O–H groups in total. The van der Waals surface area contributed by atoms with Crippen LogP contribution in [0.3, 0.4) is 0 Å². The van der Waals surface area contributed by atoms with Gasteiger partial charge in [0.1, 0.15) is 5.75 Å². The van der Waals surface area contributed by atoms with E-state index in [1.54, 1.807) is 0 Å². The summed E-state index contributed by atoms with van der Waals surface area (Å²) in [5, 5.41) is 10.0. The van der Waals surface area contributed by atoms with Crippen molar-refractivity contribution < 1.29 is 23.2 Å². The van der Waals surface area contributed by atoms with E-state index in [4.69, 9.17) is 13.6 Å². The van der Waals surface area contributed by atoms with Crippen molar-refractivity contribution in [3.63, 3.8) is 0 Å². The van der Waals surface area contributed by atoms with Crippen LogP contribution in [0, 0.1) is 0 Å². The Bertz CT molecular complexity index is 584. The molecule has 0 spiro atoms. The highest BCUT2D eigenvalue weighted by Crippen LogP contribution is 2.70. The zero-order valence-electron chi connectivity index (χ0n) is 12.3. The van der Waals surface area contributed by atoms with Crippen molar-refractivity contribution in [1.82, 2.24) is 0 Å². The van der Waals surface area contributed by atoms with Crippen LogP contribution in [-0.4, -0.2) is 5.11 Å². The molecule has 1 aromatic carbocycles. The number of fused-ring (bicyclic) bond motifs is 1. The Morgan fingerprint density at radius 2 is 1.67 bits per heavy atom. The Kier molecular flexibility index (Phi) is 4.03. The Labute approximate surface area is 124 Å². The molecule has 3 rings (SSSR count). The first kappa shape index (κ1) is 14.6. The molecule has 5 nitrogen and oxygen atoms in total. The molecule has 0 radical (unpaired) electrons. The number of phenolic OH excluding ortho intramolecular Hbond substituents is 1. The number of phenols is 1. The smallest absolute Gasteiger partial charge is 0.507 e. The van der Waals surface area contributed by atoms with E-state index in [-0.39, 0.29) is 5.75 Å². The summed E-state index contributed by atoms with van der Waals surface area (Å²) in [6.45, 7) is 2.21. The zero-order chi connectivity index (χ0) is 14.9. The summed E-state index contributed by atoms with van der Waals surface area (Å²) in [6.07, 6.45) is 9.12. The second-order valence-corrected chi connectivity index (χ2v) is 7.07. The molecule has 0 saturated carbocycles. The molecule has 1 atom stereocenters. The number of hydrogen-bond donors (Lipinski definition) is 1. The molecule has 0 aliphatic carbocycles. The third kappa shape index (κ3) is 2.84. The molecule has 21 heavy (non-hydrogen) atoms.